The highest BCUT2D eigenvalue weighted by molar-refractivity contribution is 6.01. The molecule has 0 saturated heterocycles. The highest BCUT2D eigenvalue weighted by atomic mass is 16.5. The molecule has 0 amide bonds. The molecule has 0 atom stereocenters. The number of ether oxygens (including phenoxy) is 2. The monoisotopic (exact) mass is 420 g/mol. The second-order valence-electron chi connectivity index (χ2n) is 7.57. The third-order valence-electron chi connectivity index (χ3n) is 5.60. The molecule has 3 rings (SSSR count). The van der Waals surface area contributed by atoms with E-state index in [2.05, 4.69) is 0 Å². The molecule has 0 unspecified atom stereocenters. The zero-order valence-electron chi connectivity index (χ0n) is 18.8. The van der Waals surface area contributed by atoms with Crippen molar-refractivity contribution in [2.24, 2.45) is 0 Å². The summed E-state index contributed by atoms with van der Waals surface area (Å²) in [5.74, 6) is -1.54. The molecule has 0 saturated carbocycles. The molecule has 0 spiro atoms. The van der Waals surface area contributed by atoms with E-state index in [0.717, 1.165) is 16.9 Å². The second kappa shape index (κ2) is 9.08. The van der Waals surface area contributed by atoms with Gasteiger partial charge >= 0.3 is 11.9 Å². The van der Waals surface area contributed by atoms with Gasteiger partial charge in [0.25, 0.3) is 0 Å². The molecule has 1 heterocycles. The number of methoxy groups -OCH3 is 2. The number of carbonyl (C=O) groups excluding carboxylic acids is 2. The summed E-state index contributed by atoms with van der Waals surface area (Å²) < 4.78 is 10.3. The number of esters is 2. The van der Waals surface area contributed by atoms with E-state index in [1.807, 2.05) is 92.3 Å². The molecule has 31 heavy (non-hydrogen) atoms. The van der Waals surface area contributed by atoms with Crippen LogP contribution in [0.5, 0.6) is 0 Å². The molecule has 0 radical (unpaired) electrons. The maximum absolute atomic E-state index is 13.0. The van der Waals surface area contributed by atoms with E-state index in [0.29, 0.717) is 22.5 Å². The number of benzene rings is 2. The van der Waals surface area contributed by atoms with Crippen LogP contribution in [0, 0.1) is 0 Å². The molecule has 162 valence electrons. The topological polar surface area (TPSA) is 59.1 Å². The Bertz CT molecular complexity index is 997. The molecule has 6 heteroatoms. The third kappa shape index (κ3) is 4.06. The molecule has 2 aromatic rings. The average Bonchev–Trinajstić information content (AvgIpc) is 2.78. The quantitative estimate of drug-likeness (QED) is 0.674. The summed E-state index contributed by atoms with van der Waals surface area (Å²) in [5, 5.41) is 0. The predicted octanol–water partition coefficient (Wildman–Crippen LogP) is 4.25. The van der Waals surface area contributed by atoms with E-state index in [1.165, 1.54) is 14.2 Å². The van der Waals surface area contributed by atoms with E-state index >= 15 is 0 Å². The Balaban J connectivity index is 2.28. The largest absolute Gasteiger partial charge is 0.466 e. The average molecular weight is 421 g/mol. The zero-order valence-corrected chi connectivity index (χ0v) is 18.8. The first kappa shape index (κ1) is 22.2. The van der Waals surface area contributed by atoms with Crippen molar-refractivity contribution in [3.63, 3.8) is 0 Å². The smallest absolute Gasteiger partial charge is 0.336 e. The number of anilines is 2. The fourth-order valence-electron chi connectivity index (χ4n) is 4.07. The van der Waals surface area contributed by atoms with Crippen molar-refractivity contribution < 1.29 is 19.1 Å². The molecule has 0 fully saturated rings. The van der Waals surface area contributed by atoms with E-state index in [4.69, 9.17) is 9.47 Å². The number of nitrogens with zero attached hydrogens (tertiary/aromatic N) is 2. The molecule has 0 N–H and O–H groups in total. The fourth-order valence-corrected chi connectivity index (χ4v) is 4.07. The Morgan fingerprint density at radius 1 is 0.806 bits per heavy atom. The minimum Gasteiger partial charge on any atom is -0.466 e. The van der Waals surface area contributed by atoms with Crippen LogP contribution in [0.25, 0.3) is 0 Å². The van der Waals surface area contributed by atoms with Crippen molar-refractivity contribution in [2.45, 2.75) is 19.8 Å². The van der Waals surface area contributed by atoms with Crippen LogP contribution in [0.3, 0.4) is 0 Å². The molecule has 0 bridgehead atoms. The van der Waals surface area contributed by atoms with Gasteiger partial charge in [-0.1, -0.05) is 30.3 Å². The van der Waals surface area contributed by atoms with E-state index in [1.54, 1.807) is 0 Å². The van der Waals surface area contributed by atoms with Crippen LogP contribution >= 0.6 is 0 Å². The van der Waals surface area contributed by atoms with Gasteiger partial charge in [0.15, 0.2) is 0 Å². The molecule has 0 aromatic heterocycles. The van der Waals surface area contributed by atoms with Crippen LogP contribution in [0.1, 0.15) is 25.3 Å². The third-order valence-corrected chi connectivity index (χ3v) is 5.60. The predicted molar refractivity (Wildman–Crippen MR) is 122 cm³/mol. The summed E-state index contributed by atoms with van der Waals surface area (Å²) in [6.07, 6.45) is 0. The van der Waals surface area contributed by atoms with Crippen LogP contribution in [0.15, 0.2) is 77.1 Å². The van der Waals surface area contributed by atoms with Gasteiger partial charge in [0.05, 0.1) is 31.3 Å². The second-order valence-corrected chi connectivity index (χ2v) is 7.57. The maximum Gasteiger partial charge on any atom is 0.336 e. The lowest BCUT2D eigenvalue weighted by Gasteiger charge is -2.37. The lowest BCUT2D eigenvalue weighted by molar-refractivity contribution is -0.137. The lowest BCUT2D eigenvalue weighted by atomic mass is 9.79. The highest BCUT2D eigenvalue weighted by Gasteiger charge is 2.40. The summed E-state index contributed by atoms with van der Waals surface area (Å²) in [6, 6.07) is 17.4. The Labute approximate surface area is 183 Å². The van der Waals surface area contributed by atoms with Crippen LogP contribution in [0.2, 0.25) is 0 Å². The van der Waals surface area contributed by atoms with Gasteiger partial charge < -0.3 is 19.3 Å². The first-order valence-electron chi connectivity index (χ1n) is 10.0. The maximum atomic E-state index is 13.0. The van der Waals surface area contributed by atoms with Gasteiger partial charge in [-0.2, -0.15) is 0 Å². The molecule has 0 aliphatic carbocycles. The first-order chi connectivity index (χ1) is 14.8. The Morgan fingerprint density at radius 2 is 1.29 bits per heavy atom. The Kier molecular flexibility index (Phi) is 6.49. The van der Waals surface area contributed by atoms with Crippen LogP contribution in [-0.2, 0) is 19.1 Å². The molecule has 6 nitrogen and oxygen atoms in total. The molecule has 2 aromatic carbocycles. The molecule has 1 aliphatic heterocycles. The minimum atomic E-state index is -0.585. The Morgan fingerprint density at radius 3 is 1.71 bits per heavy atom. The first-order valence-corrected chi connectivity index (χ1v) is 10.0. The number of allylic oxidation sites excluding steroid dienone is 2. The van der Waals surface area contributed by atoms with Gasteiger partial charge in [0, 0.05) is 36.9 Å². The number of hydrogen-bond donors (Lipinski definition) is 0. The van der Waals surface area contributed by atoms with Crippen LogP contribution < -0.4 is 9.80 Å². The van der Waals surface area contributed by atoms with Gasteiger partial charge in [-0.3, -0.25) is 0 Å². The van der Waals surface area contributed by atoms with Gasteiger partial charge in [-0.15, -0.1) is 0 Å². The molecular formula is C25H28N2O4. The van der Waals surface area contributed by atoms with Crippen LogP contribution in [0.4, 0.5) is 11.4 Å². The van der Waals surface area contributed by atoms with Gasteiger partial charge in [0.2, 0.25) is 0 Å². The summed E-state index contributed by atoms with van der Waals surface area (Å²) >= 11 is 0. The number of carbonyl (C=O) groups is 2. The van der Waals surface area contributed by atoms with Crippen molar-refractivity contribution in [3.05, 3.63) is 82.7 Å². The summed E-state index contributed by atoms with van der Waals surface area (Å²) in [4.78, 5) is 29.8. The normalized spacial score (nSPS) is 14.6. The van der Waals surface area contributed by atoms with Crippen molar-refractivity contribution in [3.8, 4) is 0 Å². The van der Waals surface area contributed by atoms with E-state index in [-0.39, 0.29) is 0 Å². The van der Waals surface area contributed by atoms with Gasteiger partial charge in [-0.05, 0) is 43.7 Å². The lowest BCUT2D eigenvalue weighted by Crippen LogP contribution is -2.35. The zero-order chi connectivity index (χ0) is 22.7. The van der Waals surface area contributed by atoms with E-state index in [9.17, 15) is 9.59 Å². The minimum absolute atomic E-state index is 0.413. The van der Waals surface area contributed by atoms with Crippen molar-refractivity contribution in [1.82, 2.24) is 0 Å². The fraction of sp³-hybridized carbons (Fsp3) is 0.280. The van der Waals surface area contributed by atoms with Crippen molar-refractivity contribution >= 4 is 23.3 Å². The van der Waals surface area contributed by atoms with Crippen LogP contribution in [-0.4, -0.2) is 40.3 Å². The molecular weight excluding hydrogens is 392 g/mol. The Hall–Kier alpha value is -3.54. The number of hydrogen-bond acceptors (Lipinski definition) is 6. The van der Waals surface area contributed by atoms with Crippen molar-refractivity contribution in [2.75, 3.05) is 38.1 Å². The van der Waals surface area contributed by atoms with Gasteiger partial charge in [0.1, 0.15) is 0 Å². The van der Waals surface area contributed by atoms with Crippen molar-refractivity contribution in [1.29, 1.82) is 0 Å². The highest BCUT2D eigenvalue weighted by Crippen LogP contribution is 2.44. The van der Waals surface area contributed by atoms with Gasteiger partial charge in [-0.25, -0.2) is 9.59 Å². The van der Waals surface area contributed by atoms with E-state index < -0.39 is 17.9 Å². The summed E-state index contributed by atoms with van der Waals surface area (Å²) in [7, 11) is 6.65. The standard InChI is InChI=1S/C25H28N2O4/c1-16-21(24(28)30-5)23(18-10-8-7-9-11-18)22(25(29)31-6)17(2)27(16)20-14-12-19(13-15-20)26(3)4/h7-15,23H,1-6H3. The number of rotatable bonds is 5. The SMILES string of the molecule is COC(=O)C1=C(C)N(c2ccc(N(C)C)cc2)C(C)=C(C(=O)OC)C1c1ccccc1. The summed E-state index contributed by atoms with van der Waals surface area (Å²) in [5.41, 5.74) is 4.96. The molecule has 1 aliphatic rings. The summed E-state index contributed by atoms with van der Waals surface area (Å²) in [6.45, 7) is 3.75.